The Bertz CT molecular complexity index is 1580. The van der Waals surface area contributed by atoms with E-state index in [9.17, 15) is 14.8 Å². The predicted molar refractivity (Wildman–Crippen MR) is 134 cm³/mol. The number of hydrogen-bond donors (Lipinski definition) is 0. The lowest BCUT2D eigenvalue weighted by Crippen LogP contribution is -2.41. The van der Waals surface area contributed by atoms with E-state index in [0.29, 0.717) is 30.3 Å². The first-order valence-electron chi connectivity index (χ1n) is 12.0. The average molecular weight is 498 g/mol. The smallest absolute Gasteiger partial charge is 0.221 e. The molecule has 0 saturated heterocycles. The van der Waals surface area contributed by atoms with E-state index in [-0.39, 0.29) is 29.1 Å². The summed E-state index contributed by atoms with van der Waals surface area (Å²) >= 11 is 0. The molecule has 186 valence electrons. The van der Waals surface area contributed by atoms with Crippen LogP contribution in [0.4, 0.5) is 5.69 Å². The van der Waals surface area contributed by atoms with Gasteiger partial charge in [0.25, 0.3) is 0 Å². The van der Waals surface area contributed by atoms with Crippen LogP contribution in [-0.4, -0.2) is 39.4 Å². The van der Waals surface area contributed by atoms with Crippen LogP contribution < -0.4 is 14.6 Å². The largest absolute Gasteiger partial charge is 0.571 e. The highest BCUT2D eigenvalue weighted by Gasteiger charge is 2.39. The number of carbonyl (C=O) groups is 2. The summed E-state index contributed by atoms with van der Waals surface area (Å²) in [6.07, 6.45) is 9.96. The highest BCUT2D eigenvalue weighted by molar-refractivity contribution is 6.27. The van der Waals surface area contributed by atoms with Gasteiger partial charge < -0.3 is 24.2 Å². The van der Waals surface area contributed by atoms with Crippen LogP contribution in [0.3, 0.4) is 0 Å². The Kier molecular flexibility index (Phi) is 5.48. The summed E-state index contributed by atoms with van der Waals surface area (Å²) in [6.45, 7) is 3.09. The number of hydrogen-bond acceptors (Lipinski definition) is 8. The van der Waals surface area contributed by atoms with E-state index in [0.717, 1.165) is 16.7 Å². The van der Waals surface area contributed by atoms with Gasteiger partial charge in [0.05, 0.1) is 19.4 Å². The third kappa shape index (κ3) is 3.92. The summed E-state index contributed by atoms with van der Waals surface area (Å²) in [7, 11) is 0. The molecule has 37 heavy (non-hydrogen) atoms. The number of furan rings is 1. The number of aromatic nitrogens is 3. The number of benzene rings is 2. The molecule has 0 N–H and O–H groups in total. The molecule has 2 aromatic carbocycles. The van der Waals surface area contributed by atoms with Crippen molar-refractivity contribution in [2.24, 2.45) is 0 Å². The van der Waals surface area contributed by atoms with Gasteiger partial charge in [-0.15, -0.1) is 4.68 Å². The second-order valence-corrected chi connectivity index (χ2v) is 8.71. The summed E-state index contributed by atoms with van der Waals surface area (Å²) in [6, 6.07) is 12.7. The van der Waals surface area contributed by atoms with Gasteiger partial charge in [-0.25, -0.2) is 0 Å². The van der Waals surface area contributed by atoms with E-state index in [4.69, 9.17) is 9.15 Å². The Balaban J connectivity index is 1.13. The Labute approximate surface area is 211 Å². The van der Waals surface area contributed by atoms with Gasteiger partial charge in [-0.3, -0.25) is 9.59 Å². The molecule has 0 amide bonds. The van der Waals surface area contributed by atoms with Gasteiger partial charge in [-0.2, -0.15) is 0 Å². The molecule has 6 rings (SSSR count). The van der Waals surface area contributed by atoms with Gasteiger partial charge in [0.2, 0.25) is 17.3 Å². The van der Waals surface area contributed by atoms with Crippen molar-refractivity contribution in [1.29, 1.82) is 0 Å². The molecule has 0 radical (unpaired) electrons. The van der Waals surface area contributed by atoms with Crippen LogP contribution in [0.15, 0.2) is 77.9 Å². The molecular formula is C27H23N5O5. The van der Waals surface area contributed by atoms with Crippen LogP contribution in [0.5, 0.6) is 5.75 Å². The van der Waals surface area contributed by atoms with Gasteiger partial charge in [-0.1, -0.05) is 0 Å². The first-order chi connectivity index (χ1) is 18.0. The van der Waals surface area contributed by atoms with E-state index in [1.54, 1.807) is 18.4 Å². The molecule has 1 aliphatic carbocycles. The van der Waals surface area contributed by atoms with E-state index in [1.807, 2.05) is 65.8 Å². The maximum Gasteiger partial charge on any atom is 0.221 e. The summed E-state index contributed by atoms with van der Waals surface area (Å²) in [5.74, 6) is -0.357. The predicted octanol–water partition coefficient (Wildman–Crippen LogP) is 3.59. The number of ether oxygens (including phenoxy) is 1. The van der Waals surface area contributed by atoms with E-state index < -0.39 is 11.6 Å². The third-order valence-corrected chi connectivity index (χ3v) is 6.46. The Morgan fingerprint density at radius 1 is 0.973 bits per heavy atom. The van der Waals surface area contributed by atoms with Crippen LogP contribution in [0.1, 0.15) is 45.4 Å². The van der Waals surface area contributed by atoms with Crippen molar-refractivity contribution in [3.05, 3.63) is 101 Å². The maximum absolute atomic E-state index is 13.2. The lowest BCUT2D eigenvalue weighted by molar-refractivity contribution is -0.749. The van der Waals surface area contributed by atoms with Crippen molar-refractivity contribution >= 4 is 28.2 Å². The highest BCUT2D eigenvalue weighted by atomic mass is 16.5. The second kappa shape index (κ2) is 8.98. The van der Waals surface area contributed by atoms with Crippen LogP contribution >= 0.6 is 0 Å². The number of carbonyl (C=O) groups excluding carboxylic acids is 2. The highest BCUT2D eigenvalue weighted by Crippen LogP contribution is 2.29. The van der Waals surface area contributed by atoms with Crippen molar-refractivity contribution in [3.8, 4) is 5.75 Å². The second-order valence-electron chi connectivity index (χ2n) is 8.71. The molecule has 0 unspecified atom stereocenters. The fraction of sp³-hybridized carbons (Fsp3) is 0.185. The zero-order valence-electron chi connectivity index (χ0n) is 20.0. The Hall–Kier alpha value is -4.86. The van der Waals surface area contributed by atoms with Gasteiger partial charge in [-0.05, 0) is 49.7 Å². The van der Waals surface area contributed by atoms with Gasteiger partial charge in [0.15, 0.2) is 5.69 Å². The van der Waals surface area contributed by atoms with Crippen molar-refractivity contribution < 1.29 is 23.7 Å². The molecule has 4 aromatic rings. The average Bonchev–Trinajstić information content (AvgIpc) is 3.52. The number of rotatable bonds is 7. The van der Waals surface area contributed by atoms with Crippen LogP contribution in [0, 0.1) is 5.21 Å². The SMILES string of the molecule is CCOc1ccc2c(c1)C(=O)c1n[n+]([O-])n(CCCN3C=CN(c4ccc5ccoc5c4)C=C3)c1C2=O. The van der Waals surface area contributed by atoms with Crippen molar-refractivity contribution in [2.75, 3.05) is 18.1 Å². The number of ketones is 2. The van der Waals surface area contributed by atoms with Crippen LogP contribution in [0.25, 0.3) is 11.0 Å². The van der Waals surface area contributed by atoms with E-state index in [2.05, 4.69) is 5.10 Å². The van der Waals surface area contributed by atoms with E-state index >= 15 is 0 Å². The first kappa shape index (κ1) is 22.6. The number of fused-ring (bicyclic) bond motifs is 3. The zero-order chi connectivity index (χ0) is 25.5. The molecule has 0 bridgehead atoms. The standard InChI is InChI=1S/C27H23N5O5/c1-2-36-20-6-7-21-22(17-20)26(33)24-25(27(21)34)31(32(35)28-24)10-3-9-29-11-13-30(14-12-29)19-5-4-18-8-15-37-23(18)16-19/h4-8,11-17H,2-3,9-10H2,1H3. The minimum Gasteiger partial charge on any atom is -0.571 e. The minimum absolute atomic E-state index is 0.0286. The number of nitrogens with zero attached hydrogens (tertiary/aromatic N) is 5. The lowest BCUT2D eigenvalue weighted by atomic mass is 9.90. The summed E-state index contributed by atoms with van der Waals surface area (Å²) in [5, 5.41) is 17.4. The lowest BCUT2D eigenvalue weighted by Gasteiger charge is -2.25. The molecule has 10 nitrogen and oxygen atoms in total. The first-order valence-corrected chi connectivity index (χ1v) is 12.0. The van der Waals surface area contributed by atoms with Crippen LogP contribution in [0.2, 0.25) is 0 Å². The summed E-state index contributed by atoms with van der Waals surface area (Å²) in [4.78, 5) is 30.5. The maximum atomic E-state index is 13.2. The quantitative estimate of drug-likeness (QED) is 0.248. The fourth-order valence-electron chi connectivity index (χ4n) is 4.63. The molecule has 1 aliphatic heterocycles. The molecule has 10 heteroatoms. The van der Waals surface area contributed by atoms with Gasteiger partial charge >= 0.3 is 0 Å². The molecule has 0 saturated carbocycles. The minimum atomic E-state index is -0.454. The van der Waals surface area contributed by atoms with Gasteiger partial charge in [0, 0.05) is 69.7 Å². The number of anilines is 1. The molecule has 0 spiro atoms. The van der Waals surface area contributed by atoms with Crippen LogP contribution in [-0.2, 0) is 6.54 Å². The monoisotopic (exact) mass is 497 g/mol. The van der Waals surface area contributed by atoms with Crippen molar-refractivity contribution in [2.45, 2.75) is 19.9 Å². The summed E-state index contributed by atoms with van der Waals surface area (Å²) in [5.41, 5.74) is 2.15. The molecule has 2 aromatic heterocycles. The molecule has 0 atom stereocenters. The topological polar surface area (TPSA) is 108 Å². The van der Waals surface area contributed by atoms with Gasteiger partial charge in [0.1, 0.15) is 11.3 Å². The van der Waals surface area contributed by atoms with E-state index in [1.165, 1.54) is 10.7 Å². The zero-order valence-corrected chi connectivity index (χ0v) is 20.0. The van der Waals surface area contributed by atoms with Crippen molar-refractivity contribution in [3.63, 3.8) is 0 Å². The fourth-order valence-corrected chi connectivity index (χ4v) is 4.63. The third-order valence-electron chi connectivity index (χ3n) is 6.46. The normalized spacial score (nSPS) is 14.4. The Morgan fingerprint density at radius 3 is 2.62 bits per heavy atom. The molecule has 2 aliphatic rings. The molecule has 3 heterocycles. The molecular weight excluding hydrogens is 474 g/mol. The summed E-state index contributed by atoms with van der Waals surface area (Å²) < 4.78 is 12.2. The molecule has 0 fully saturated rings. The Morgan fingerprint density at radius 2 is 1.81 bits per heavy atom. The van der Waals surface area contributed by atoms with Crippen molar-refractivity contribution in [1.82, 2.24) is 14.7 Å².